The molecule has 3 heterocycles. The molecule has 0 aliphatic heterocycles. The summed E-state index contributed by atoms with van der Waals surface area (Å²) in [6.45, 7) is 0. The summed E-state index contributed by atoms with van der Waals surface area (Å²) < 4.78 is 15.5. The molecule has 0 radical (unpaired) electrons. The second kappa shape index (κ2) is 8.11. The van der Waals surface area contributed by atoms with Gasteiger partial charge >= 0.3 is 11.6 Å². The highest BCUT2D eigenvalue weighted by Crippen LogP contribution is 2.19. The van der Waals surface area contributed by atoms with Gasteiger partial charge in [0.1, 0.15) is 23.2 Å². The van der Waals surface area contributed by atoms with Gasteiger partial charge in [0.15, 0.2) is 5.16 Å². The van der Waals surface area contributed by atoms with E-state index in [1.807, 2.05) is 0 Å². The fourth-order valence-electron chi connectivity index (χ4n) is 2.44. The molecule has 0 saturated heterocycles. The molecule has 0 aliphatic carbocycles. The molecule has 0 unspecified atom stereocenters. The first-order chi connectivity index (χ1) is 14.1. The SMILES string of the molecule is O=C(Oc1coc(CSc2ncccn2)cc1=O)c1cc2ccccc2oc1=O. The molecule has 29 heavy (non-hydrogen) atoms. The molecule has 1 aromatic carbocycles. The fraction of sp³-hybridized carbons (Fsp3) is 0.0500. The van der Waals surface area contributed by atoms with Crippen molar-refractivity contribution in [2.75, 3.05) is 0 Å². The molecule has 4 aromatic rings. The minimum Gasteiger partial charge on any atom is -0.464 e. The van der Waals surface area contributed by atoms with E-state index in [0.29, 0.717) is 27.6 Å². The molecule has 8 nitrogen and oxygen atoms in total. The number of esters is 1. The first kappa shape index (κ1) is 18.6. The Labute approximate surface area is 167 Å². The number of aromatic nitrogens is 2. The molecule has 0 amide bonds. The van der Waals surface area contributed by atoms with E-state index in [2.05, 4.69) is 9.97 Å². The predicted octanol–water partition coefficient (Wildman–Crippen LogP) is 3.05. The van der Waals surface area contributed by atoms with Crippen LogP contribution < -0.4 is 15.8 Å². The molecule has 0 saturated carbocycles. The average Bonchev–Trinajstić information content (AvgIpc) is 2.74. The van der Waals surface area contributed by atoms with Crippen molar-refractivity contribution in [2.45, 2.75) is 10.9 Å². The molecular weight excluding hydrogens is 396 g/mol. The number of fused-ring (bicyclic) bond motifs is 1. The maximum absolute atomic E-state index is 12.3. The summed E-state index contributed by atoms with van der Waals surface area (Å²) in [6, 6.07) is 11.0. The van der Waals surface area contributed by atoms with Crippen molar-refractivity contribution in [3.05, 3.63) is 93.1 Å². The van der Waals surface area contributed by atoms with Gasteiger partial charge in [-0.3, -0.25) is 4.79 Å². The van der Waals surface area contributed by atoms with Crippen molar-refractivity contribution in [3.8, 4) is 5.75 Å². The third-order valence-electron chi connectivity index (χ3n) is 3.80. The minimum absolute atomic E-state index is 0.316. The number of carbonyl (C=O) groups is 1. The molecule has 3 aromatic heterocycles. The molecule has 0 aliphatic rings. The van der Waals surface area contributed by atoms with E-state index < -0.39 is 17.0 Å². The van der Waals surface area contributed by atoms with Crippen molar-refractivity contribution in [2.24, 2.45) is 0 Å². The number of para-hydroxylation sites is 1. The molecular formula is C20H12N2O6S. The third kappa shape index (κ3) is 4.25. The molecule has 4 rings (SSSR count). The zero-order valence-electron chi connectivity index (χ0n) is 14.7. The first-order valence-electron chi connectivity index (χ1n) is 8.37. The lowest BCUT2D eigenvalue weighted by Gasteiger charge is -2.04. The van der Waals surface area contributed by atoms with Gasteiger partial charge in [0, 0.05) is 23.8 Å². The van der Waals surface area contributed by atoms with Gasteiger partial charge in [-0.25, -0.2) is 19.6 Å². The van der Waals surface area contributed by atoms with Crippen LogP contribution in [0.2, 0.25) is 0 Å². The molecule has 9 heteroatoms. The van der Waals surface area contributed by atoms with Gasteiger partial charge in [-0.1, -0.05) is 30.0 Å². The second-order valence-corrected chi connectivity index (χ2v) is 6.71. The van der Waals surface area contributed by atoms with Crippen LogP contribution >= 0.6 is 11.8 Å². The zero-order chi connectivity index (χ0) is 20.2. The van der Waals surface area contributed by atoms with Gasteiger partial charge in [0.05, 0.1) is 5.75 Å². The maximum atomic E-state index is 12.3. The number of hydrogen-bond donors (Lipinski definition) is 0. The third-order valence-corrected chi connectivity index (χ3v) is 4.70. The van der Waals surface area contributed by atoms with E-state index in [9.17, 15) is 14.4 Å². The summed E-state index contributed by atoms with van der Waals surface area (Å²) in [4.78, 5) is 44.7. The fourth-order valence-corrected chi connectivity index (χ4v) is 3.14. The number of ether oxygens (including phenoxy) is 1. The van der Waals surface area contributed by atoms with Crippen LogP contribution in [-0.4, -0.2) is 15.9 Å². The lowest BCUT2D eigenvalue weighted by molar-refractivity contribution is 0.0724. The summed E-state index contributed by atoms with van der Waals surface area (Å²) >= 11 is 1.29. The van der Waals surface area contributed by atoms with Crippen LogP contribution in [0.1, 0.15) is 16.1 Å². The van der Waals surface area contributed by atoms with Crippen molar-refractivity contribution < 1.29 is 18.4 Å². The second-order valence-electron chi connectivity index (χ2n) is 5.77. The van der Waals surface area contributed by atoms with Crippen LogP contribution in [0.4, 0.5) is 0 Å². The van der Waals surface area contributed by atoms with Crippen molar-refractivity contribution >= 4 is 28.7 Å². The van der Waals surface area contributed by atoms with Crippen LogP contribution in [0.5, 0.6) is 5.75 Å². The summed E-state index contributed by atoms with van der Waals surface area (Å²) in [7, 11) is 0. The summed E-state index contributed by atoms with van der Waals surface area (Å²) in [5, 5.41) is 1.09. The number of rotatable bonds is 5. The van der Waals surface area contributed by atoms with E-state index in [4.69, 9.17) is 13.6 Å². The van der Waals surface area contributed by atoms with Crippen LogP contribution in [0, 0.1) is 0 Å². The molecule has 0 N–H and O–H groups in total. The number of nitrogens with zero attached hydrogens (tertiary/aromatic N) is 2. The molecule has 0 spiro atoms. The molecule has 0 fully saturated rings. The Bertz CT molecular complexity index is 1300. The van der Waals surface area contributed by atoms with Crippen molar-refractivity contribution in [3.63, 3.8) is 0 Å². The number of thioether (sulfide) groups is 1. The first-order valence-corrected chi connectivity index (χ1v) is 9.35. The lowest BCUT2D eigenvalue weighted by Crippen LogP contribution is -2.21. The number of carbonyl (C=O) groups excluding carboxylic acids is 1. The minimum atomic E-state index is -1.00. The van der Waals surface area contributed by atoms with Crippen molar-refractivity contribution in [1.82, 2.24) is 9.97 Å². The summed E-state index contributed by atoms with van der Waals surface area (Å²) in [5.41, 5.74) is -1.38. The Kier molecular flexibility index (Phi) is 5.21. The van der Waals surface area contributed by atoms with Crippen molar-refractivity contribution in [1.29, 1.82) is 0 Å². The number of hydrogen-bond acceptors (Lipinski definition) is 9. The normalized spacial score (nSPS) is 10.8. The van der Waals surface area contributed by atoms with Crippen LogP contribution in [0.25, 0.3) is 11.0 Å². The maximum Gasteiger partial charge on any atom is 0.351 e. The highest BCUT2D eigenvalue weighted by atomic mass is 32.2. The summed E-state index contributed by atoms with van der Waals surface area (Å²) in [5.74, 6) is -0.650. The van der Waals surface area contributed by atoms with Crippen LogP contribution in [0.15, 0.2) is 84.7 Å². The zero-order valence-corrected chi connectivity index (χ0v) is 15.5. The Morgan fingerprint density at radius 2 is 1.86 bits per heavy atom. The quantitative estimate of drug-likeness (QED) is 0.213. The predicted molar refractivity (Wildman–Crippen MR) is 104 cm³/mol. The Morgan fingerprint density at radius 3 is 2.66 bits per heavy atom. The average molecular weight is 408 g/mol. The topological polar surface area (TPSA) is 112 Å². The highest BCUT2D eigenvalue weighted by Gasteiger charge is 2.18. The molecule has 144 valence electrons. The van der Waals surface area contributed by atoms with Crippen LogP contribution in [0.3, 0.4) is 0 Å². The number of benzene rings is 1. The van der Waals surface area contributed by atoms with E-state index in [0.717, 1.165) is 6.26 Å². The Hall–Kier alpha value is -3.72. The van der Waals surface area contributed by atoms with E-state index in [1.54, 1.807) is 42.7 Å². The van der Waals surface area contributed by atoms with Gasteiger partial charge in [-0.05, 0) is 18.2 Å². The Morgan fingerprint density at radius 1 is 1.07 bits per heavy atom. The van der Waals surface area contributed by atoms with E-state index in [-0.39, 0.29) is 11.3 Å². The van der Waals surface area contributed by atoms with Crippen LogP contribution in [-0.2, 0) is 5.75 Å². The van der Waals surface area contributed by atoms with E-state index >= 15 is 0 Å². The molecule has 0 atom stereocenters. The highest BCUT2D eigenvalue weighted by molar-refractivity contribution is 7.98. The largest absolute Gasteiger partial charge is 0.464 e. The standard InChI is InChI=1S/C20H12N2O6S/c23-15-9-13(11-29-20-21-6-3-7-22-20)26-10-17(15)28-19(25)14-8-12-4-1-2-5-16(12)27-18(14)24/h1-10H,11H2. The summed E-state index contributed by atoms with van der Waals surface area (Å²) in [6.07, 6.45) is 4.25. The van der Waals surface area contributed by atoms with E-state index in [1.165, 1.54) is 23.9 Å². The Balaban J connectivity index is 1.51. The van der Waals surface area contributed by atoms with Gasteiger partial charge in [-0.2, -0.15) is 0 Å². The van der Waals surface area contributed by atoms with Gasteiger partial charge in [0.25, 0.3) is 0 Å². The molecule has 0 bridgehead atoms. The monoisotopic (exact) mass is 408 g/mol. The lowest BCUT2D eigenvalue weighted by atomic mass is 10.2. The van der Waals surface area contributed by atoms with Gasteiger partial charge in [-0.15, -0.1) is 0 Å². The smallest absolute Gasteiger partial charge is 0.351 e. The van der Waals surface area contributed by atoms with Gasteiger partial charge < -0.3 is 13.6 Å². The van der Waals surface area contributed by atoms with Gasteiger partial charge in [0.2, 0.25) is 11.2 Å².